The number of fused-ring (bicyclic) bond motifs is 1. The lowest BCUT2D eigenvalue weighted by molar-refractivity contribution is -0.132. The third kappa shape index (κ3) is 3.55. The first kappa shape index (κ1) is 21.6. The Hall–Kier alpha value is -4.26. The van der Waals surface area contributed by atoms with Gasteiger partial charge in [0.1, 0.15) is 24.7 Å². The molecule has 1 unspecified atom stereocenters. The largest absolute Gasteiger partial charge is 0.507 e. The van der Waals surface area contributed by atoms with Crippen molar-refractivity contribution >= 4 is 23.1 Å². The van der Waals surface area contributed by atoms with E-state index >= 15 is 0 Å². The molecule has 172 valence electrons. The van der Waals surface area contributed by atoms with Crippen LogP contribution >= 0.6 is 0 Å². The molecule has 5 rings (SSSR count). The number of methoxy groups -OCH3 is 1. The highest BCUT2D eigenvalue weighted by Gasteiger charge is 2.48. The van der Waals surface area contributed by atoms with E-state index in [1.807, 2.05) is 19.1 Å². The minimum absolute atomic E-state index is 0.0215. The number of anilines is 1. The topological polar surface area (TPSA) is 85.3 Å². The lowest BCUT2D eigenvalue weighted by Gasteiger charge is -2.27. The van der Waals surface area contributed by atoms with Crippen LogP contribution in [0.1, 0.15) is 22.7 Å². The Labute approximate surface area is 196 Å². The van der Waals surface area contributed by atoms with E-state index in [0.29, 0.717) is 47.3 Å². The standard InChI is InChI=1S/C27H23NO6/c1-16-7-10-18(11-8-16)28-24(19-5-3-4-6-20(19)32-2)23(26(30)27(28)31)25(29)17-9-12-21-22(15-17)34-14-13-33-21/h3-12,15,24,29H,13-14H2,1-2H3/b25-23+. The molecule has 7 nitrogen and oxygen atoms in total. The molecule has 0 bridgehead atoms. The van der Waals surface area contributed by atoms with Crippen molar-refractivity contribution in [3.8, 4) is 17.2 Å². The Kier molecular flexibility index (Phi) is 5.45. The molecule has 3 aromatic rings. The third-order valence-electron chi connectivity index (χ3n) is 6.01. The minimum Gasteiger partial charge on any atom is -0.507 e. The second kappa shape index (κ2) is 8.59. The van der Waals surface area contributed by atoms with E-state index in [4.69, 9.17) is 14.2 Å². The summed E-state index contributed by atoms with van der Waals surface area (Å²) in [6, 6.07) is 18.5. The summed E-state index contributed by atoms with van der Waals surface area (Å²) in [5, 5.41) is 11.4. The van der Waals surface area contributed by atoms with E-state index in [-0.39, 0.29) is 11.3 Å². The Balaban J connectivity index is 1.72. The van der Waals surface area contributed by atoms with E-state index in [2.05, 4.69) is 0 Å². The van der Waals surface area contributed by atoms with Crippen molar-refractivity contribution < 1.29 is 28.9 Å². The number of hydrogen-bond acceptors (Lipinski definition) is 6. The molecule has 1 saturated heterocycles. The number of ketones is 1. The number of hydrogen-bond donors (Lipinski definition) is 1. The summed E-state index contributed by atoms with van der Waals surface area (Å²) in [5.41, 5.74) is 2.48. The molecule has 34 heavy (non-hydrogen) atoms. The van der Waals surface area contributed by atoms with Gasteiger partial charge in [-0.05, 0) is 43.3 Å². The summed E-state index contributed by atoms with van der Waals surface area (Å²) < 4.78 is 16.7. The highest BCUT2D eigenvalue weighted by molar-refractivity contribution is 6.51. The molecule has 0 spiro atoms. The minimum atomic E-state index is -0.882. The van der Waals surface area contributed by atoms with E-state index in [1.165, 1.54) is 12.0 Å². The molecular formula is C27H23NO6. The Morgan fingerprint density at radius 1 is 0.971 bits per heavy atom. The first-order valence-corrected chi connectivity index (χ1v) is 10.9. The number of rotatable bonds is 4. The van der Waals surface area contributed by atoms with Crippen molar-refractivity contribution in [1.29, 1.82) is 0 Å². The normalized spacial score (nSPS) is 18.8. The van der Waals surface area contributed by atoms with Crippen LogP contribution in [0.5, 0.6) is 17.2 Å². The summed E-state index contributed by atoms with van der Waals surface area (Å²) in [4.78, 5) is 28.0. The molecule has 1 amide bonds. The average molecular weight is 457 g/mol. The van der Waals surface area contributed by atoms with Crippen LogP contribution in [0.15, 0.2) is 72.3 Å². The molecule has 1 atom stereocenters. The zero-order chi connectivity index (χ0) is 23.8. The smallest absolute Gasteiger partial charge is 0.300 e. The second-order valence-corrected chi connectivity index (χ2v) is 8.11. The number of benzene rings is 3. The highest BCUT2D eigenvalue weighted by atomic mass is 16.6. The molecule has 3 aromatic carbocycles. The number of ether oxygens (including phenoxy) is 3. The van der Waals surface area contributed by atoms with Gasteiger partial charge in [0, 0.05) is 16.8 Å². The maximum absolute atomic E-state index is 13.3. The number of carbonyl (C=O) groups excluding carboxylic acids is 2. The fourth-order valence-corrected chi connectivity index (χ4v) is 4.34. The molecule has 0 saturated carbocycles. The van der Waals surface area contributed by atoms with E-state index in [9.17, 15) is 14.7 Å². The lowest BCUT2D eigenvalue weighted by Crippen LogP contribution is -2.29. The average Bonchev–Trinajstić information content (AvgIpc) is 3.13. The Morgan fingerprint density at radius 2 is 1.68 bits per heavy atom. The number of aliphatic hydroxyl groups is 1. The van der Waals surface area contributed by atoms with Crippen LogP contribution in [-0.4, -0.2) is 37.1 Å². The molecule has 1 N–H and O–H groups in total. The van der Waals surface area contributed by atoms with Crippen LogP contribution in [-0.2, 0) is 9.59 Å². The zero-order valence-electron chi connectivity index (χ0n) is 18.8. The number of Topliss-reactive ketones (excluding diaryl/α,β-unsaturated/α-hetero) is 1. The van der Waals surface area contributed by atoms with Crippen LogP contribution in [0.3, 0.4) is 0 Å². The van der Waals surface area contributed by atoms with Gasteiger partial charge < -0.3 is 19.3 Å². The van der Waals surface area contributed by atoms with Gasteiger partial charge >= 0.3 is 0 Å². The molecular weight excluding hydrogens is 434 g/mol. The van der Waals surface area contributed by atoms with Crippen LogP contribution in [0, 0.1) is 6.92 Å². The second-order valence-electron chi connectivity index (χ2n) is 8.11. The number of aliphatic hydroxyl groups excluding tert-OH is 1. The lowest BCUT2D eigenvalue weighted by atomic mass is 9.94. The van der Waals surface area contributed by atoms with Crippen molar-refractivity contribution in [2.45, 2.75) is 13.0 Å². The fraction of sp³-hybridized carbons (Fsp3) is 0.185. The molecule has 0 aliphatic carbocycles. The van der Waals surface area contributed by atoms with Crippen LogP contribution < -0.4 is 19.1 Å². The third-order valence-corrected chi connectivity index (χ3v) is 6.01. The van der Waals surface area contributed by atoms with Crippen LogP contribution in [0.4, 0.5) is 5.69 Å². The number of aryl methyl sites for hydroxylation is 1. The van der Waals surface area contributed by atoms with E-state index < -0.39 is 17.7 Å². The van der Waals surface area contributed by atoms with Gasteiger partial charge in [0.15, 0.2) is 11.5 Å². The molecule has 0 aromatic heterocycles. The predicted molar refractivity (Wildman–Crippen MR) is 126 cm³/mol. The van der Waals surface area contributed by atoms with Crippen molar-refractivity contribution in [2.24, 2.45) is 0 Å². The summed E-state index contributed by atoms with van der Waals surface area (Å²) in [6.07, 6.45) is 0. The SMILES string of the molecule is COc1ccccc1C1/C(=C(\O)c2ccc3c(c2)OCCO3)C(=O)C(=O)N1c1ccc(C)cc1. The maximum atomic E-state index is 13.3. The summed E-state index contributed by atoms with van der Waals surface area (Å²) in [5.74, 6) is -0.260. The summed E-state index contributed by atoms with van der Waals surface area (Å²) in [6.45, 7) is 2.77. The first-order chi connectivity index (χ1) is 16.5. The monoisotopic (exact) mass is 457 g/mol. The fourth-order valence-electron chi connectivity index (χ4n) is 4.34. The van der Waals surface area contributed by atoms with Crippen molar-refractivity contribution in [1.82, 2.24) is 0 Å². The van der Waals surface area contributed by atoms with Gasteiger partial charge in [-0.3, -0.25) is 14.5 Å². The van der Waals surface area contributed by atoms with Gasteiger partial charge in [-0.25, -0.2) is 0 Å². The number of amides is 1. The molecule has 7 heteroatoms. The van der Waals surface area contributed by atoms with E-state index in [0.717, 1.165) is 5.56 Å². The van der Waals surface area contributed by atoms with Crippen molar-refractivity contribution in [3.63, 3.8) is 0 Å². The van der Waals surface area contributed by atoms with E-state index in [1.54, 1.807) is 54.6 Å². The first-order valence-electron chi connectivity index (χ1n) is 10.9. The van der Waals surface area contributed by atoms with Gasteiger partial charge in [0.25, 0.3) is 11.7 Å². The zero-order valence-corrected chi connectivity index (χ0v) is 18.8. The molecule has 1 fully saturated rings. The molecule has 2 aliphatic heterocycles. The number of carbonyl (C=O) groups is 2. The van der Waals surface area contributed by atoms with Crippen molar-refractivity contribution in [2.75, 3.05) is 25.2 Å². The van der Waals surface area contributed by atoms with Gasteiger partial charge in [-0.2, -0.15) is 0 Å². The molecule has 2 aliphatic rings. The number of nitrogens with zero attached hydrogens (tertiary/aromatic N) is 1. The number of para-hydroxylation sites is 1. The van der Waals surface area contributed by atoms with Gasteiger partial charge in [0.2, 0.25) is 0 Å². The van der Waals surface area contributed by atoms with Crippen LogP contribution in [0.25, 0.3) is 5.76 Å². The molecule has 0 radical (unpaired) electrons. The van der Waals surface area contributed by atoms with Gasteiger partial charge in [-0.1, -0.05) is 35.9 Å². The maximum Gasteiger partial charge on any atom is 0.300 e. The van der Waals surface area contributed by atoms with Crippen LogP contribution in [0.2, 0.25) is 0 Å². The molecule has 2 heterocycles. The van der Waals surface area contributed by atoms with Gasteiger partial charge in [-0.15, -0.1) is 0 Å². The highest BCUT2D eigenvalue weighted by Crippen LogP contribution is 2.45. The Morgan fingerprint density at radius 3 is 2.41 bits per heavy atom. The van der Waals surface area contributed by atoms with Gasteiger partial charge in [0.05, 0.1) is 18.7 Å². The summed E-state index contributed by atoms with van der Waals surface area (Å²) >= 11 is 0. The predicted octanol–water partition coefficient (Wildman–Crippen LogP) is 4.40. The summed E-state index contributed by atoms with van der Waals surface area (Å²) in [7, 11) is 1.53. The van der Waals surface area contributed by atoms with Crippen molar-refractivity contribution in [3.05, 3.63) is 89.0 Å². The Bertz CT molecular complexity index is 1310. The quantitative estimate of drug-likeness (QED) is 0.355.